The molecule has 0 aromatic heterocycles. The summed E-state index contributed by atoms with van der Waals surface area (Å²) in [6.45, 7) is 3.50. The number of sulfonamides is 1. The summed E-state index contributed by atoms with van der Waals surface area (Å²) < 4.78 is 39.0. The van der Waals surface area contributed by atoms with Gasteiger partial charge in [-0.25, -0.2) is 17.5 Å². The second-order valence-electron chi connectivity index (χ2n) is 5.43. The molecule has 2 N–H and O–H groups in total. The zero-order valence-electron chi connectivity index (χ0n) is 13.6. The average Bonchev–Trinajstić information content (AvgIpc) is 2.55. The van der Waals surface area contributed by atoms with Crippen molar-refractivity contribution in [3.05, 3.63) is 65.0 Å². The Bertz CT molecular complexity index is 849. The number of carbonyl (C=O) groups is 1. The topological polar surface area (TPSA) is 75.3 Å². The predicted octanol–water partition coefficient (Wildman–Crippen LogP) is 2.53. The smallest absolute Gasteiger partial charge is 0.252 e. The Kier molecular flexibility index (Phi) is 5.36. The number of halogens is 1. The van der Waals surface area contributed by atoms with Gasteiger partial charge in [-0.3, -0.25) is 4.79 Å². The summed E-state index contributed by atoms with van der Waals surface area (Å²) in [4.78, 5) is 12.5. The van der Waals surface area contributed by atoms with Crippen molar-refractivity contribution < 1.29 is 17.6 Å². The Morgan fingerprint density at radius 2 is 1.75 bits per heavy atom. The number of amides is 1. The fourth-order valence-corrected chi connectivity index (χ4v) is 3.00. The van der Waals surface area contributed by atoms with Crippen LogP contribution >= 0.6 is 0 Å². The van der Waals surface area contributed by atoms with E-state index in [4.69, 9.17) is 0 Å². The highest BCUT2D eigenvalue weighted by Crippen LogP contribution is 2.18. The summed E-state index contributed by atoms with van der Waals surface area (Å²) in [6.07, 6.45) is 0. The maximum absolute atomic E-state index is 13.0. The Balaban J connectivity index is 2.26. The molecule has 1 atom stereocenters. The zero-order chi connectivity index (χ0) is 17.9. The molecule has 0 fully saturated rings. The summed E-state index contributed by atoms with van der Waals surface area (Å²) in [5, 5.41) is 2.79. The number of nitrogens with one attached hydrogen (secondary N) is 2. The molecule has 24 heavy (non-hydrogen) atoms. The van der Waals surface area contributed by atoms with Crippen LogP contribution in [0.4, 0.5) is 4.39 Å². The predicted molar refractivity (Wildman–Crippen MR) is 89.7 cm³/mol. The molecule has 0 saturated carbocycles. The van der Waals surface area contributed by atoms with Crippen molar-refractivity contribution in [1.29, 1.82) is 0 Å². The van der Waals surface area contributed by atoms with Gasteiger partial charge in [-0.1, -0.05) is 18.2 Å². The van der Waals surface area contributed by atoms with Crippen LogP contribution in [-0.4, -0.2) is 21.4 Å². The van der Waals surface area contributed by atoms with E-state index in [0.717, 1.165) is 5.56 Å². The second kappa shape index (κ2) is 7.11. The maximum atomic E-state index is 13.0. The lowest BCUT2D eigenvalue weighted by Crippen LogP contribution is -2.28. The van der Waals surface area contributed by atoms with Crippen LogP contribution in [0.3, 0.4) is 0 Å². The first-order valence-electron chi connectivity index (χ1n) is 7.35. The molecule has 1 amide bonds. The van der Waals surface area contributed by atoms with Crippen LogP contribution in [0.15, 0.2) is 47.4 Å². The molecule has 5 nitrogen and oxygen atoms in total. The second-order valence-corrected chi connectivity index (χ2v) is 7.32. The van der Waals surface area contributed by atoms with Crippen molar-refractivity contribution in [1.82, 2.24) is 10.0 Å². The summed E-state index contributed by atoms with van der Waals surface area (Å²) in [6, 6.07) is 9.86. The lowest BCUT2D eigenvalue weighted by Gasteiger charge is -2.16. The molecule has 7 heteroatoms. The lowest BCUT2D eigenvalue weighted by molar-refractivity contribution is 0.0939. The van der Waals surface area contributed by atoms with E-state index in [1.54, 1.807) is 32.0 Å². The third-order valence-electron chi connectivity index (χ3n) is 3.75. The number of hydrogen-bond donors (Lipinski definition) is 2. The first-order valence-corrected chi connectivity index (χ1v) is 8.83. The highest BCUT2D eigenvalue weighted by molar-refractivity contribution is 7.89. The molecule has 0 radical (unpaired) electrons. The first-order chi connectivity index (χ1) is 11.2. The van der Waals surface area contributed by atoms with Gasteiger partial charge in [0, 0.05) is 5.56 Å². The van der Waals surface area contributed by atoms with Crippen molar-refractivity contribution in [3.63, 3.8) is 0 Å². The molecule has 2 aromatic rings. The van der Waals surface area contributed by atoms with Gasteiger partial charge in [0.1, 0.15) is 5.82 Å². The molecule has 2 rings (SSSR count). The molecular weight excluding hydrogens is 331 g/mol. The molecule has 0 aliphatic heterocycles. The summed E-state index contributed by atoms with van der Waals surface area (Å²) in [5.41, 5.74) is 1.69. The zero-order valence-corrected chi connectivity index (χ0v) is 14.4. The molecule has 0 bridgehead atoms. The van der Waals surface area contributed by atoms with Gasteiger partial charge in [0.25, 0.3) is 5.91 Å². The van der Waals surface area contributed by atoms with Crippen molar-refractivity contribution in [3.8, 4) is 0 Å². The quantitative estimate of drug-likeness (QED) is 0.870. The molecule has 0 aliphatic rings. The highest BCUT2D eigenvalue weighted by atomic mass is 32.2. The van der Waals surface area contributed by atoms with Crippen LogP contribution in [0.1, 0.15) is 34.5 Å². The van der Waals surface area contributed by atoms with Gasteiger partial charge in [-0.15, -0.1) is 0 Å². The van der Waals surface area contributed by atoms with E-state index in [9.17, 15) is 17.6 Å². The van der Waals surface area contributed by atoms with E-state index >= 15 is 0 Å². The lowest BCUT2D eigenvalue weighted by atomic mass is 10.1. The molecule has 0 aliphatic carbocycles. The van der Waals surface area contributed by atoms with E-state index in [1.807, 2.05) is 0 Å². The van der Waals surface area contributed by atoms with E-state index in [1.165, 1.54) is 31.3 Å². The highest BCUT2D eigenvalue weighted by Gasteiger charge is 2.18. The summed E-state index contributed by atoms with van der Waals surface area (Å²) in [7, 11) is -2.32. The number of aryl methyl sites for hydroxylation is 1. The molecule has 0 heterocycles. The third-order valence-corrected chi connectivity index (χ3v) is 5.16. The SMILES string of the molecule is CNS(=O)(=O)c1ccc(C)c(C(=O)NC(C)c2ccc(F)cc2)c1. The normalized spacial score (nSPS) is 12.7. The minimum Gasteiger partial charge on any atom is -0.346 e. The standard InChI is InChI=1S/C17H19FN2O3S/c1-11-4-9-15(24(22,23)19-3)10-16(11)17(21)20-12(2)13-5-7-14(18)8-6-13/h4-10,12,19H,1-3H3,(H,20,21). The fraction of sp³-hybridized carbons (Fsp3) is 0.235. The van der Waals surface area contributed by atoms with Gasteiger partial charge in [0.2, 0.25) is 10.0 Å². The maximum Gasteiger partial charge on any atom is 0.252 e. The molecule has 0 spiro atoms. The van der Waals surface area contributed by atoms with Crippen LogP contribution in [0.5, 0.6) is 0 Å². The molecule has 0 saturated heterocycles. The van der Waals surface area contributed by atoms with Crippen molar-refractivity contribution >= 4 is 15.9 Å². The monoisotopic (exact) mass is 350 g/mol. The Hall–Kier alpha value is -2.25. The van der Waals surface area contributed by atoms with Crippen LogP contribution in [0.25, 0.3) is 0 Å². The number of hydrogen-bond acceptors (Lipinski definition) is 3. The Morgan fingerprint density at radius 1 is 1.12 bits per heavy atom. The van der Waals surface area contributed by atoms with Gasteiger partial charge in [0.05, 0.1) is 10.9 Å². The molecular formula is C17H19FN2O3S. The van der Waals surface area contributed by atoms with Gasteiger partial charge in [-0.2, -0.15) is 0 Å². The Morgan fingerprint density at radius 3 is 2.33 bits per heavy atom. The van der Waals surface area contributed by atoms with Gasteiger partial charge in [-0.05, 0) is 56.3 Å². The number of carbonyl (C=O) groups excluding carboxylic acids is 1. The van der Waals surface area contributed by atoms with E-state index in [0.29, 0.717) is 5.56 Å². The fourth-order valence-electron chi connectivity index (χ4n) is 2.24. The van der Waals surface area contributed by atoms with Crippen LogP contribution < -0.4 is 10.0 Å². The summed E-state index contributed by atoms with van der Waals surface area (Å²) in [5.74, 6) is -0.740. The van der Waals surface area contributed by atoms with Crippen molar-refractivity contribution in [2.45, 2.75) is 24.8 Å². The van der Waals surface area contributed by atoms with E-state index < -0.39 is 15.9 Å². The number of rotatable bonds is 5. The van der Waals surface area contributed by atoms with E-state index in [2.05, 4.69) is 10.0 Å². The number of benzene rings is 2. The molecule has 1 unspecified atom stereocenters. The molecule has 2 aromatic carbocycles. The minimum atomic E-state index is -3.63. The third kappa shape index (κ3) is 3.98. The Labute approximate surface area is 141 Å². The van der Waals surface area contributed by atoms with Crippen molar-refractivity contribution in [2.24, 2.45) is 0 Å². The molecule has 128 valence electrons. The van der Waals surface area contributed by atoms with Crippen LogP contribution in [0, 0.1) is 12.7 Å². The summed E-state index contributed by atoms with van der Waals surface area (Å²) >= 11 is 0. The van der Waals surface area contributed by atoms with Crippen molar-refractivity contribution in [2.75, 3.05) is 7.05 Å². The van der Waals surface area contributed by atoms with Gasteiger partial charge in [0.15, 0.2) is 0 Å². The average molecular weight is 350 g/mol. The van der Waals surface area contributed by atoms with Gasteiger partial charge < -0.3 is 5.32 Å². The van der Waals surface area contributed by atoms with Crippen LogP contribution in [-0.2, 0) is 10.0 Å². The minimum absolute atomic E-state index is 0.0233. The van der Waals surface area contributed by atoms with E-state index in [-0.39, 0.29) is 22.3 Å². The van der Waals surface area contributed by atoms with Crippen LogP contribution in [0.2, 0.25) is 0 Å². The first kappa shape index (κ1) is 18.1. The van der Waals surface area contributed by atoms with Gasteiger partial charge >= 0.3 is 0 Å². The largest absolute Gasteiger partial charge is 0.346 e.